The molecule has 0 radical (unpaired) electrons. The van der Waals surface area contributed by atoms with Crippen molar-refractivity contribution in [1.82, 2.24) is 0 Å². The molecule has 1 heteroatoms. The first kappa shape index (κ1) is 12.4. The summed E-state index contributed by atoms with van der Waals surface area (Å²) >= 11 is 2.43. The summed E-state index contributed by atoms with van der Waals surface area (Å²) < 4.78 is 1.14. The Kier molecular flexibility index (Phi) is 4.80. The fourth-order valence-corrected chi connectivity index (χ4v) is 2.39. The average Bonchev–Trinajstić information content (AvgIpc) is 2.40. The molecule has 2 aromatic rings. The third-order valence-corrected chi connectivity index (χ3v) is 3.19. The highest BCUT2D eigenvalue weighted by molar-refractivity contribution is 14.1. The molecule has 0 bridgehead atoms. The fourth-order valence-electron chi connectivity index (χ4n) is 1.80. The minimum atomic E-state index is 1.11. The normalized spacial score (nSPS) is 11.5. The summed E-state index contributed by atoms with van der Waals surface area (Å²) in [6.45, 7) is 0. The van der Waals surface area contributed by atoms with E-state index in [0.29, 0.717) is 0 Å². The van der Waals surface area contributed by atoms with E-state index in [4.69, 9.17) is 0 Å². The van der Waals surface area contributed by atoms with Crippen molar-refractivity contribution >= 4 is 34.2 Å². The van der Waals surface area contributed by atoms with Crippen LogP contribution in [0.15, 0.2) is 60.7 Å². The summed E-state index contributed by atoms with van der Waals surface area (Å²) in [5.74, 6) is 0. The Morgan fingerprint density at radius 3 is 2.06 bits per heavy atom. The Morgan fingerprint density at radius 1 is 0.882 bits per heavy atom. The van der Waals surface area contributed by atoms with Gasteiger partial charge in [0.15, 0.2) is 0 Å². The predicted octanol–water partition coefficient (Wildman–Crippen LogP) is 5.05. The van der Waals surface area contributed by atoms with E-state index in [-0.39, 0.29) is 0 Å². The minimum Gasteiger partial charge on any atom is -0.0860 e. The lowest BCUT2D eigenvalue weighted by atomic mass is 10.0. The van der Waals surface area contributed by atoms with Crippen molar-refractivity contribution in [3.05, 3.63) is 71.8 Å². The molecule has 0 saturated carbocycles. The Morgan fingerprint density at radius 2 is 1.47 bits per heavy atom. The molecule has 86 valence electrons. The van der Waals surface area contributed by atoms with E-state index in [0.717, 1.165) is 10.8 Å². The number of benzene rings is 2. The van der Waals surface area contributed by atoms with Gasteiger partial charge in [-0.15, -0.1) is 0 Å². The van der Waals surface area contributed by atoms with Crippen LogP contribution in [0, 0.1) is 0 Å². The Bertz CT molecular complexity index is 471. The molecule has 0 heterocycles. The molecule has 17 heavy (non-hydrogen) atoms. The van der Waals surface area contributed by atoms with Gasteiger partial charge < -0.3 is 0 Å². The van der Waals surface area contributed by atoms with E-state index in [1.807, 2.05) is 0 Å². The topological polar surface area (TPSA) is 0 Å². The van der Waals surface area contributed by atoms with Gasteiger partial charge in [-0.05, 0) is 23.1 Å². The van der Waals surface area contributed by atoms with E-state index in [1.165, 1.54) is 16.7 Å². The summed E-state index contributed by atoms with van der Waals surface area (Å²) in [5, 5.41) is 0. The molecular formula is C16H15I. The maximum Gasteiger partial charge on any atom is 0.00360 e. The molecule has 0 nitrogen and oxygen atoms in total. The largest absolute Gasteiger partial charge is 0.0860 e. The van der Waals surface area contributed by atoms with Gasteiger partial charge >= 0.3 is 0 Å². The zero-order chi connectivity index (χ0) is 11.9. The monoisotopic (exact) mass is 334 g/mol. The second-order valence-corrected chi connectivity index (χ2v) is 4.96. The van der Waals surface area contributed by atoms with Gasteiger partial charge in [-0.2, -0.15) is 0 Å². The number of rotatable bonds is 4. The molecule has 0 aliphatic rings. The third-order valence-electron chi connectivity index (χ3n) is 2.65. The van der Waals surface area contributed by atoms with Gasteiger partial charge in [0.05, 0.1) is 0 Å². The van der Waals surface area contributed by atoms with Crippen LogP contribution in [-0.4, -0.2) is 4.43 Å². The van der Waals surface area contributed by atoms with E-state index in [1.54, 1.807) is 0 Å². The molecule has 0 unspecified atom stereocenters. The smallest absolute Gasteiger partial charge is 0.00360 e. The summed E-state index contributed by atoms with van der Waals surface area (Å²) in [4.78, 5) is 0. The number of hydrogen-bond donors (Lipinski definition) is 0. The van der Waals surface area contributed by atoms with Crippen LogP contribution in [-0.2, 0) is 0 Å². The lowest BCUT2D eigenvalue weighted by Crippen LogP contribution is -1.86. The molecular weight excluding hydrogens is 319 g/mol. The lowest BCUT2D eigenvalue weighted by Gasteiger charge is -2.06. The molecule has 2 rings (SSSR count). The zero-order valence-electron chi connectivity index (χ0n) is 9.64. The summed E-state index contributed by atoms with van der Waals surface area (Å²) in [6.07, 6.45) is 3.40. The maximum absolute atomic E-state index is 2.43. The molecule has 0 aliphatic heterocycles. The highest BCUT2D eigenvalue weighted by Gasteiger charge is 2.00. The molecule has 0 fully saturated rings. The van der Waals surface area contributed by atoms with E-state index < -0.39 is 0 Å². The number of halogens is 1. The highest BCUT2D eigenvalue weighted by atomic mass is 127. The second kappa shape index (κ2) is 6.60. The third kappa shape index (κ3) is 3.70. The zero-order valence-corrected chi connectivity index (χ0v) is 11.8. The van der Waals surface area contributed by atoms with E-state index in [9.17, 15) is 0 Å². The highest BCUT2D eigenvalue weighted by Crippen LogP contribution is 2.22. The number of alkyl halides is 1. The lowest BCUT2D eigenvalue weighted by molar-refractivity contribution is 1.29. The SMILES string of the molecule is ICC/C(=C\c1ccccc1)c1ccccc1. The molecule has 0 saturated heterocycles. The van der Waals surface area contributed by atoms with Gasteiger partial charge in [0.1, 0.15) is 0 Å². The predicted molar refractivity (Wildman–Crippen MR) is 84.3 cm³/mol. The molecule has 0 aliphatic carbocycles. The minimum absolute atomic E-state index is 1.11. The number of hydrogen-bond acceptors (Lipinski definition) is 0. The van der Waals surface area contributed by atoms with Crippen molar-refractivity contribution < 1.29 is 0 Å². The van der Waals surface area contributed by atoms with Crippen LogP contribution in [0.2, 0.25) is 0 Å². The first-order valence-electron chi connectivity index (χ1n) is 5.77. The van der Waals surface area contributed by atoms with Gasteiger partial charge in [0.25, 0.3) is 0 Å². The van der Waals surface area contributed by atoms with Gasteiger partial charge in [0.2, 0.25) is 0 Å². The van der Waals surface area contributed by atoms with E-state index >= 15 is 0 Å². The van der Waals surface area contributed by atoms with Gasteiger partial charge in [-0.25, -0.2) is 0 Å². The van der Waals surface area contributed by atoms with Crippen LogP contribution in [0.4, 0.5) is 0 Å². The van der Waals surface area contributed by atoms with Crippen LogP contribution in [0.3, 0.4) is 0 Å². The standard InChI is InChI=1S/C16H15I/c17-12-11-16(15-9-5-2-6-10-15)13-14-7-3-1-4-8-14/h1-10,13H,11-12H2/b16-13+. The van der Waals surface area contributed by atoms with Crippen LogP contribution in [0.25, 0.3) is 11.6 Å². The molecule has 0 N–H and O–H groups in total. The first-order valence-corrected chi connectivity index (χ1v) is 7.30. The van der Waals surface area contributed by atoms with Gasteiger partial charge in [-0.3, -0.25) is 0 Å². The quantitative estimate of drug-likeness (QED) is 0.417. The molecule has 0 spiro atoms. The second-order valence-electron chi connectivity index (χ2n) is 3.89. The maximum atomic E-state index is 2.43. The Balaban J connectivity index is 2.33. The summed E-state index contributed by atoms with van der Waals surface area (Å²) in [7, 11) is 0. The van der Waals surface area contributed by atoms with Crippen LogP contribution >= 0.6 is 22.6 Å². The van der Waals surface area contributed by atoms with Crippen LogP contribution < -0.4 is 0 Å². The van der Waals surface area contributed by atoms with Gasteiger partial charge in [0, 0.05) is 4.43 Å². The van der Waals surface area contributed by atoms with Gasteiger partial charge in [-0.1, -0.05) is 89.3 Å². The Labute approximate surface area is 117 Å². The molecule has 0 aromatic heterocycles. The van der Waals surface area contributed by atoms with Crippen molar-refractivity contribution in [3.63, 3.8) is 0 Å². The van der Waals surface area contributed by atoms with Crippen molar-refractivity contribution in [2.75, 3.05) is 4.43 Å². The molecule has 0 amide bonds. The average molecular weight is 334 g/mol. The van der Waals surface area contributed by atoms with Crippen molar-refractivity contribution in [1.29, 1.82) is 0 Å². The fraction of sp³-hybridized carbons (Fsp3) is 0.125. The summed E-state index contributed by atoms with van der Waals surface area (Å²) in [6, 6.07) is 21.1. The first-order chi connectivity index (χ1) is 8.40. The van der Waals surface area contributed by atoms with Crippen molar-refractivity contribution in [2.45, 2.75) is 6.42 Å². The van der Waals surface area contributed by atoms with Crippen molar-refractivity contribution in [2.24, 2.45) is 0 Å². The van der Waals surface area contributed by atoms with Crippen molar-refractivity contribution in [3.8, 4) is 0 Å². The van der Waals surface area contributed by atoms with E-state index in [2.05, 4.69) is 89.3 Å². The van der Waals surface area contributed by atoms with Crippen LogP contribution in [0.5, 0.6) is 0 Å². The molecule has 0 atom stereocenters. The summed E-state index contributed by atoms with van der Waals surface area (Å²) in [5.41, 5.74) is 4.01. The van der Waals surface area contributed by atoms with Crippen LogP contribution in [0.1, 0.15) is 17.5 Å². The number of allylic oxidation sites excluding steroid dienone is 1. The molecule has 2 aromatic carbocycles. The Hall–Kier alpha value is -1.09.